The van der Waals surface area contributed by atoms with Gasteiger partial charge in [-0.15, -0.1) is 6.58 Å². The molecule has 2 N–H and O–H groups in total. The fraction of sp³-hybridized carbons (Fsp3) is 0.455. The van der Waals surface area contributed by atoms with Crippen LogP contribution in [-0.2, 0) is 16.0 Å². The molecule has 6 nitrogen and oxygen atoms in total. The molecule has 0 amide bonds. The normalized spacial score (nSPS) is 12.1. The number of methoxy groups -OCH3 is 1. The lowest BCUT2D eigenvalue weighted by atomic mass is 10.4. The Morgan fingerprint density at radius 3 is 3.06 bits per heavy atom. The van der Waals surface area contributed by atoms with Crippen LogP contribution >= 0.6 is 0 Å². The zero-order chi connectivity index (χ0) is 12.8. The van der Waals surface area contributed by atoms with Crippen molar-refractivity contribution >= 4 is 11.8 Å². The molecule has 0 aliphatic carbocycles. The van der Waals surface area contributed by atoms with Gasteiger partial charge in [0.1, 0.15) is 5.82 Å². The minimum absolute atomic E-state index is 0.0463. The summed E-state index contributed by atoms with van der Waals surface area (Å²) < 4.78 is 11.6. The van der Waals surface area contributed by atoms with E-state index in [9.17, 15) is 4.79 Å². The van der Waals surface area contributed by atoms with Crippen LogP contribution in [0.15, 0.2) is 19.0 Å². The van der Waals surface area contributed by atoms with Gasteiger partial charge in [0.25, 0.3) is 0 Å². The Kier molecular flexibility index (Phi) is 4.71. The number of ether oxygens (including phenoxy) is 2. The molecule has 1 aromatic heterocycles. The van der Waals surface area contributed by atoms with Crippen LogP contribution < -0.4 is 5.73 Å². The number of aromatic nitrogens is 2. The highest BCUT2D eigenvalue weighted by atomic mass is 16.5. The van der Waals surface area contributed by atoms with Gasteiger partial charge in [-0.2, -0.15) is 0 Å². The van der Waals surface area contributed by atoms with Crippen molar-refractivity contribution < 1.29 is 14.3 Å². The number of rotatable bonds is 6. The summed E-state index contributed by atoms with van der Waals surface area (Å²) in [6.07, 6.45) is 3.12. The molecule has 0 bridgehead atoms. The minimum atomic E-state index is -0.541. The second kappa shape index (κ2) is 6.05. The van der Waals surface area contributed by atoms with Crippen LogP contribution in [0.25, 0.3) is 0 Å². The van der Waals surface area contributed by atoms with Crippen molar-refractivity contribution in [2.45, 2.75) is 19.6 Å². The lowest BCUT2D eigenvalue weighted by Crippen LogP contribution is -2.18. The average Bonchev–Trinajstić information content (AvgIpc) is 2.67. The molecular weight excluding hydrogens is 222 g/mol. The maximum Gasteiger partial charge on any atom is 0.360 e. The number of nitrogens with zero attached hydrogens (tertiary/aromatic N) is 2. The van der Waals surface area contributed by atoms with Gasteiger partial charge >= 0.3 is 5.97 Å². The van der Waals surface area contributed by atoms with Crippen molar-refractivity contribution in [3.63, 3.8) is 0 Å². The van der Waals surface area contributed by atoms with Crippen molar-refractivity contribution in [2.75, 3.05) is 19.5 Å². The molecule has 0 saturated heterocycles. The number of hydrogen-bond acceptors (Lipinski definition) is 5. The lowest BCUT2D eigenvalue weighted by molar-refractivity contribution is 0.0595. The summed E-state index contributed by atoms with van der Waals surface area (Å²) in [6, 6.07) is 0. The molecule has 0 spiro atoms. The first kappa shape index (κ1) is 13.2. The van der Waals surface area contributed by atoms with Crippen LogP contribution in [0.1, 0.15) is 17.4 Å². The van der Waals surface area contributed by atoms with Crippen LogP contribution in [-0.4, -0.2) is 35.3 Å². The van der Waals surface area contributed by atoms with Crippen molar-refractivity contribution in [3.05, 3.63) is 24.7 Å². The Morgan fingerprint density at radius 1 is 1.76 bits per heavy atom. The highest BCUT2D eigenvalue weighted by molar-refractivity contribution is 5.91. The minimum Gasteiger partial charge on any atom is -0.464 e. The van der Waals surface area contributed by atoms with E-state index >= 15 is 0 Å². The van der Waals surface area contributed by atoms with E-state index in [0.29, 0.717) is 13.2 Å². The van der Waals surface area contributed by atoms with Crippen LogP contribution in [0.3, 0.4) is 0 Å². The molecule has 0 radical (unpaired) electrons. The maximum atomic E-state index is 11.3. The molecule has 1 heterocycles. The highest BCUT2D eigenvalue weighted by Crippen LogP contribution is 2.12. The van der Waals surface area contributed by atoms with Crippen molar-refractivity contribution in [1.82, 2.24) is 9.55 Å². The first-order chi connectivity index (χ1) is 8.10. The summed E-state index contributed by atoms with van der Waals surface area (Å²) in [5, 5.41) is 0. The Balaban J connectivity index is 2.69. The van der Waals surface area contributed by atoms with Gasteiger partial charge in [-0.25, -0.2) is 9.78 Å². The van der Waals surface area contributed by atoms with Gasteiger partial charge in [-0.3, -0.25) is 0 Å². The second-order valence-corrected chi connectivity index (χ2v) is 3.55. The molecule has 0 aliphatic heterocycles. The van der Waals surface area contributed by atoms with E-state index < -0.39 is 5.97 Å². The third-order valence-corrected chi connectivity index (χ3v) is 2.21. The van der Waals surface area contributed by atoms with Gasteiger partial charge in [0.2, 0.25) is 0 Å². The molecule has 0 aromatic carbocycles. The Bertz CT molecular complexity index is 401. The fourth-order valence-corrected chi connectivity index (χ4v) is 1.35. The van der Waals surface area contributed by atoms with Crippen LogP contribution in [0, 0.1) is 0 Å². The molecule has 0 aliphatic rings. The molecular formula is C11H17N3O3. The maximum absolute atomic E-state index is 11.3. The van der Waals surface area contributed by atoms with E-state index in [2.05, 4.69) is 16.3 Å². The number of imidazole rings is 1. The molecule has 0 saturated carbocycles. The first-order valence-corrected chi connectivity index (χ1v) is 5.21. The van der Waals surface area contributed by atoms with E-state index in [1.807, 2.05) is 6.92 Å². The van der Waals surface area contributed by atoms with Gasteiger partial charge in [-0.05, 0) is 6.92 Å². The number of carbonyl (C=O) groups excluding carboxylic acids is 1. The second-order valence-electron chi connectivity index (χ2n) is 3.55. The van der Waals surface area contributed by atoms with E-state index in [0.717, 1.165) is 0 Å². The van der Waals surface area contributed by atoms with E-state index in [1.54, 1.807) is 10.6 Å². The lowest BCUT2D eigenvalue weighted by Gasteiger charge is -2.13. The standard InChI is InChI=1S/C11H17N3O3/c1-4-5-17-8(2)6-14-7-13-9(10(14)12)11(15)16-3/h4,7-8H,1,5-6,12H2,2-3H3. The quantitative estimate of drug-likeness (QED) is 0.588. The van der Waals surface area contributed by atoms with Gasteiger partial charge in [0, 0.05) is 0 Å². The van der Waals surface area contributed by atoms with E-state index in [-0.39, 0.29) is 17.6 Å². The summed E-state index contributed by atoms with van der Waals surface area (Å²) in [6.45, 7) is 6.46. The molecule has 1 atom stereocenters. The van der Waals surface area contributed by atoms with E-state index in [4.69, 9.17) is 10.5 Å². The number of nitrogens with two attached hydrogens (primary N) is 1. The smallest absolute Gasteiger partial charge is 0.360 e. The Morgan fingerprint density at radius 2 is 2.47 bits per heavy atom. The largest absolute Gasteiger partial charge is 0.464 e. The first-order valence-electron chi connectivity index (χ1n) is 5.21. The zero-order valence-electron chi connectivity index (χ0n) is 10.0. The predicted molar refractivity (Wildman–Crippen MR) is 63.6 cm³/mol. The van der Waals surface area contributed by atoms with Gasteiger partial charge in [0.05, 0.1) is 32.7 Å². The van der Waals surface area contributed by atoms with Crippen LogP contribution in [0.2, 0.25) is 0 Å². The summed E-state index contributed by atoms with van der Waals surface area (Å²) >= 11 is 0. The third-order valence-electron chi connectivity index (χ3n) is 2.21. The summed E-state index contributed by atoms with van der Waals surface area (Å²) in [5.74, 6) is -0.258. The van der Waals surface area contributed by atoms with Gasteiger partial charge in [0.15, 0.2) is 5.69 Å². The van der Waals surface area contributed by atoms with Crippen molar-refractivity contribution in [2.24, 2.45) is 0 Å². The summed E-state index contributed by atoms with van der Waals surface area (Å²) in [4.78, 5) is 15.2. The Labute approximate surface area is 100 Å². The third kappa shape index (κ3) is 3.32. The number of carbonyl (C=O) groups is 1. The predicted octanol–water partition coefficient (Wildman–Crippen LogP) is 0.843. The molecule has 1 aromatic rings. The molecule has 17 heavy (non-hydrogen) atoms. The summed E-state index contributed by atoms with van der Waals surface area (Å²) in [5.41, 5.74) is 5.91. The molecule has 6 heteroatoms. The monoisotopic (exact) mass is 239 g/mol. The molecule has 0 fully saturated rings. The van der Waals surface area contributed by atoms with Gasteiger partial charge < -0.3 is 19.8 Å². The van der Waals surface area contributed by atoms with Crippen LogP contribution in [0.5, 0.6) is 0 Å². The average molecular weight is 239 g/mol. The summed E-state index contributed by atoms with van der Waals surface area (Å²) in [7, 11) is 1.29. The zero-order valence-corrected chi connectivity index (χ0v) is 10.0. The molecule has 94 valence electrons. The number of anilines is 1. The topological polar surface area (TPSA) is 79.4 Å². The Hall–Kier alpha value is -1.82. The van der Waals surface area contributed by atoms with Crippen molar-refractivity contribution in [1.29, 1.82) is 0 Å². The fourth-order valence-electron chi connectivity index (χ4n) is 1.35. The molecule has 1 rings (SSSR count). The van der Waals surface area contributed by atoms with Crippen LogP contribution in [0.4, 0.5) is 5.82 Å². The van der Waals surface area contributed by atoms with E-state index in [1.165, 1.54) is 13.4 Å². The highest BCUT2D eigenvalue weighted by Gasteiger charge is 2.17. The van der Waals surface area contributed by atoms with Crippen molar-refractivity contribution in [3.8, 4) is 0 Å². The van der Waals surface area contributed by atoms with Gasteiger partial charge in [-0.1, -0.05) is 6.08 Å². The number of hydrogen-bond donors (Lipinski definition) is 1. The number of nitrogen functional groups attached to an aromatic ring is 1. The number of esters is 1. The SMILES string of the molecule is C=CCOC(C)Cn1cnc(C(=O)OC)c1N. The molecule has 1 unspecified atom stereocenters.